The predicted molar refractivity (Wildman–Crippen MR) is 70.8 cm³/mol. The van der Waals surface area contributed by atoms with Gasteiger partial charge < -0.3 is 15.4 Å². The molecule has 0 bridgehead atoms. The zero-order valence-corrected chi connectivity index (χ0v) is 10.7. The van der Waals surface area contributed by atoms with E-state index in [0.717, 1.165) is 24.3 Å². The normalized spacial score (nSPS) is 14.1. The highest BCUT2D eigenvalue weighted by Crippen LogP contribution is 2.27. The number of rotatable bonds is 6. The second kappa shape index (κ2) is 6.28. The van der Waals surface area contributed by atoms with Crippen LogP contribution in [-0.2, 0) is 6.42 Å². The highest BCUT2D eigenvalue weighted by Gasteiger charge is 2.21. The molecule has 18 heavy (non-hydrogen) atoms. The van der Waals surface area contributed by atoms with Crippen molar-refractivity contribution in [2.24, 2.45) is 5.92 Å². The molecule has 0 atom stereocenters. The Morgan fingerprint density at radius 1 is 1.33 bits per heavy atom. The van der Waals surface area contributed by atoms with Crippen molar-refractivity contribution < 1.29 is 9.53 Å². The highest BCUT2D eigenvalue weighted by molar-refractivity contribution is 5.73. The van der Waals surface area contributed by atoms with E-state index in [1.54, 1.807) is 7.11 Å². The molecule has 2 N–H and O–H groups in total. The number of nitrogens with one attached hydrogen (secondary N) is 2. The summed E-state index contributed by atoms with van der Waals surface area (Å²) in [6.45, 7) is 1.43. The van der Waals surface area contributed by atoms with Crippen molar-refractivity contribution in [1.82, 2.24) is 10.6 Å². The molecule has 4 heteroatoms. The minimum atomic E-state index is -0.0724. The first-order chi connectivity index (χ1) is 8.79. The summed E-state index contributed by atoms with van der Waals surface area (Å²) in [6.07, 6.45) is 3.28. The summed E-state index contributed by atoms with van der Waals surface area (Å²) in [4.78, 5) is 11.5. The number of hydrogen-bond acceptors (Lipinski definition) is 2. The van der Waals surface area contributed by atoms with Crippen LogP contribution in [0.25, 0.3) is 0 Å². The molecule has 1 fully saturated rings. The van der Waals surface area contributed by atoms with Gasteiger partial charge in [-0.1, -0.05) is 18.2 Å². The molecule has 0 aromatic heterocycles. The van der Waals surface area contributed by atoms with Crippen molar-refractivity contribution in [3.8, 4) is 5.75 Å². The van der Waals surface area contributed by atoms with Crippen LogP contribution >= 0.6 is 0 Å². The van der Waals surface area contributed by atoms with Crippen molar-refractivity contribution in [3.05, 3.63) is 29.8 Å². The SMILES string of the molecule is COc1ccccc1CCNC(=O)NCC1CC1. The van der Waals surface area contributed by atoms with Crippen molar-refractivity contribution in [2.45, 2.75) is 19.3 Å². The zero-order chi connectivity index (χ0) is 12.8. The lowest BCUT2D eigenvalue weighted by Gasteiger charge is -2.09. The Kier molecular flexibility index (Phi) is 4.45. The van der Waals surface area contributed by atoms with E-state index < -0.39 is 0 Å². The van der Waals surface area contributed by atoms with E-state index in [1.165, 1.54) is 12.8 Å². The Morgan fingerprint density at radius 3 is 2.83 bits per heavy atom. The molecule has 1 aromatic rings. The lowest BCUT2D eigenvalue weighted by molar-refractivity contribution is 0.240. The molecule has 2 amide bonds. The molecule has 0 spiro atoms. The predicted octanol–water partition coefficient (Wildman–Crippen LogP) is 1.95. The van der Waals surface area contributed by atoms with Gasteiger partial charge in [-0.05, 0) is 36.8 Å². The maximum absolute atomic E-state index is 11.5. The van der Waals surface area contributed by atoms with E-state index in [2.05, 4.69) is 10.6 Å². The summed E-state index contributed by atoms with van der Waals surface area (Å²) in [5.41, 5.74) is 1.11. The number of para-hydroxylation sites is 1. The van der Waals surface area contributed by atoms with Crippen LogP contribution in [0.4, 0.5) is 4.79 Å². The van der Waals surface area contributed by atoms with Crippen LogP contribution in [0.15, 0.2) is 24.3 Å². The molecular formula is C14H20N2O2. The van der Waals surface area contributed by atoms with Gasteiger partial charge in [-0.25, -0.2) is 4.79 Å². The fourth-order valence-corrected chi connectivity index (χ4v) is 1.84. The van der Waals surface area contributed by atoms with Gasteiger partial charge in [0.1, 0.15) is 5.75 Å². The lowest BCUT2D eigenvalue weighted by atomic mass is 10.1. The molecule has 0 unspecified atom stereocenters. The number of benzene rings is 1. The third-order valence-corrected chi connectivity index (χ3v) is 3.12. The number of ether oxygens (including phenoxy) is 1. The number of hydrogen-bond donors (Lipinski definition) is 2. The van der Waals surface area contributed by atoms with Gasteiger partial charge in [0.25, 0.3) is 0 Å². The molecule has 0 saturated heterocycles. The van der Waals surface area contributed by atoms with Crippen molar-refractivity contribution >= 4 is 6.03 Å². The van der Waals surface area contributed by atoms with Gasteiger partial charge in [0.15, 0.2) is 0 Å². The maximum atomic E-state index is 11.5. The van der Waals surface area contributed by atoms with Gasteiger partial charge in [0.2, 0.25) is 0 Å². The maximum Gasteiger partial charge on any atom is 0.314 e. The topological polar surface area (TPSA) is 50.4 Å². The minimum Gasteiger partial charge on any atom is -0.496 e. The first kappa shape index (κ1) is 12.7. The van der Waals surface area contributed by atoms with Crippen LogP contribution in [0.3, 0.4) is 0 Å². The molecule has 1 saturated carbocycles. The molecule has 1 aliphatic rings. The third-order valence-electron chi connectivity index (χ3n) is 3.12. The van der Waals surface area contributed by atoms with Gasteiger partial charge >= 0.3 is 6.03 Å². The second-order valence-corrected chi connectivity index (χ2v) is 4.64. The first-order valence-electron chi connectivity index (χ1n) is 6.43. The van der Waals surface area contributed by atoms with Crippen LogP contribution in [-0.4, -0.2) is 26.2 Å². The van der Waals surface area contributed by atoms with E-state index in [9.17, 15) is 4.79 Å². The molecule has 1 aliphatic carbocycles. The molecular weight excluding hydrogens is 228 g/mol. The average Bonchev–Trinajstić information content (AvgIpc) is 3.21. The van der Waals surface area contributed by atoms with Crippen LogP contribution < -0.4 is 15.4 Å². The van der Waals surface area contributed by atoms with Crippen molar-refractivity contribution in [3.63, 3.8) is 0 Å². The largest absolute Gasteiger partial charge is 0.496 e. The minimum absolute atomic E-state index is 0.0724. The smallest absolute Gasteiger partial charge is 0.314 e. The fourth-order valence-electron chi connectivity index (χ4n) is 1.84. The van der Waals surface area contributed by atoms with Gasteiger partial charge in [0, 0.05) is 13.1 Å². The van der Waals surface area contributed by atoms with Gasteiger partial charge in [0.05, 0.1) is 7.11 Å². The average molecular weight is 248 g/mol. The van der Waals surface area contributed by atoms with Crippen LogP contribution in [0.5, 0.6) is 5.75 Å². The molecule has 0 heterocycles. The number of carbonyl (C=O) groups excluding carboxylic acids is 1. The molecule has 0 radical (unpaired) electrons. The summed E-state index contributed by atoms with van der Waals surface area (Å²) < 4.78 is 5.26. The van der Waals surface area contributed by atoms with E-state index in [-0.39, 0.29) is 6.03 Å². The summed E-state index contributed by atoms with van der Waals surface area (Å²) in [7, 11) is 1.66. The fraction of sp³-hybridized carbons (Fsp3) is 0.500. The Morgan fingerprint density at radius 2 is 2.11 bits per heavy atom. The van der Waals surface area contributed by atoms with Crippen LogP contribution in [0.1, 0.15) is 18.4 Å². The molecule has 1 aromatic carbocycles. The number of methoxy groups -OCH3 is 1. The number of urea groups is 1. The van der Waals surface area contributed by atoms with E-state index in [1.807, 2.05) is 24.3 Å². The quantitative estimate of drug-likeness (QED) is 0.808. The molecule has 0 aliphatic heterocycles. The summed E-state index contributed by atoms with van der Waals surface area (Å²) in [5, 5.41) is 5.74. The monoisotopic (exact) mass is 248 g/mol. The number of amides is 2. The van der Waals surface area contributed by atoms with Crippen molar-refractivity contribution in [1.29, 1.82) is 0 Å². The van der Waals surface area contributed by atoms with E-state index in [0.29, 0.717) is 12.5 Å². The molecule has 2 rings (SSSR count). The van der Waals surface area contributed by atoms with E-state index >= 15 is 0 Å². The van der Waals surface area contributed by atoms with Crippen molar-refractivity contribution in [2.75, 3.05) is 20.2 Å². The Balaban J connectivity index is 1.68. The summed E-state index contributed by atoms with van der Waals surface area (Å²) >= 11 is 0. The van der Waals surface area contributed by atoms with Gasteiger partial charge in [-0.2, -0.15) is 0 Å². The summed E-state index contributed by atoms with van der Waals surface area (Å²) in [5.74, 6) is 1.59. The zero-order valence-electron chi connectivity index (χ0n) is 10.7. The highest BCUT2D eigenvalue weighted by atomic mass is 16.5. The lowest BCUT2D eigenvalue weighted by Crippen LogP contribution is -2.37. The molecule has 98 valence electrons. The standard InChI is InChI=1S/C14H20N2O2/c1-18-13-5-3-2-4-12(13)8-9-15-14(17)16-10-11-6-7-11/h2-5,11H,6-10H2,1H3,(H2,15,16,17). The summed E-state index contributed by atoms with van der Waals surface area (Å²) in [6, 6.07) is 7.80. The first-order valence-corrected chi connectivity index (χ1v) is 6.43. The second-order valence-electron chi connectivity index (χ2n) is 4.64. The van der Waals surface area contributed by atoms with Crippen LogP contribution in [0, 0.1) is 5.92 Å². The molecule has 4 nitrogen and oxygen atoms in total. The van der Waals surface area contributed by atoms with Gasteiger partial charge in [-0.3, -0.25) is 0 Å². The Labute approximate surface area is 108 Å². The van der Waals surface area contributed by atoms with E-state index in [4.69, 9.17) is 4.74 Å². The third kappa shape index (κ3) is 3.95. The van der Waals surface area contributed by atoms with Gasteiger partial charge in [-0.15, -0.1) is 0 Å². The Bertz CT molecular complexity index is 403. The Hall–Kier alpha value is -1.71. The van der Waals surface area contributed by atoms with Crippen LogP contribution in [0.2, 0.25) is 0 Å². The number of carbonyl (C=O) groups is 1.